The van der Waals surface area contributed by atoms with Crippen molar-refractivity contribution in [2.45, 2.75) is 46.0 Å². The van der Waals surface area contributed by atoms with Gasteiger partial charge >= 0.3 is 0 Å². The van der Waals surface area contributed by atoms with Crippen LogP contribution in [0.2, 0.25) is 0 Å². The minimum Gasteiger partial charge on any atom is -0.456 e. The van der Waals surface area contributed by atoms with Crippen molar-refractivity contribution >= 4 is 17.7 Å². The molecule has 2 aromatic rings. The molecule has 0 atom stereocenters. The fraction of sp³-hybridized carbons (Fsp3) is 0.280. The molecule has 1 heterocycles. The summed E-state index contributed by atoms with van der Waals surface area (Å²) in [6.45, 7) is 16.0. The van der Waals surface area contributed by atoms with Gasteiger partial charge in [0.05, 0.1) is 0 Å². The molecule has 26 heavy (non-hydrogen) atoms. The summed E-state index contributed by atoms with van der Waals surface area (Å²) in [5.74, 6) is 1.65. The van der Waals surface area contributed by atoms with Crippen molar-refractivity contribution in [2.24, 2.45) is 0 Å². The van der Waals surface area contributed by atoms with Gasteiger partial charge in [0.25, 0.3) is 0 Å². The highest BCUT2D eigenvalue weighted by Crippen LogP contribution is 2.47. The monoisotopic (exact) mass is 346 g/mol. The first-order valence-corrected chi connectivity index (χ1v) is 9.22. The second kappa shape index (κ2) is 8.71. The van der Waals surface area contributed by atoms with E-state index in [0.29, 0.717) is 5.41 Å². The molecule has 0 aliphatic heterocycles. The molecule has 1 fully saturated rings. The fourth-order valence-corrected chi connectivity index (χ4v) is 2.94. The van der Waals surface area contributed by atoms with Gasteiger partial charge in [0.15, 0.2) is 0 Å². The normalized spacial score (nSPS) is 15.3. The number of furan rings is 1. The van der Waals surface area contributed by atoms with Crippen molar-refractivity contribution in [3.05, 3.63) is 89.9 Å². The lowest BCUT2D eigenvalue weighted by Crippen LogP contribution is -1.97. The minimum absolute atomic E-state index is 0.543. The quantitative estimate of drug-likeness (QED) is 0.506. The van der Waals surface area contributed by atoms with Crippen LogP contribution in [0.3, 0.4) is 0 Å². The Balaban J connectivity index is 0.000000206. The zero-order valence-corrected chi connectivity index (χ0v) is 16.5. The van der Waals surface area contributed by atoms with Gasteiger partial charge < -0.3 is 4.42 Å². The predicted molar refractivity (Wildman–Crippen MR) is 115 cm³/mol. The molecule has 1 heteroatoms. The van der Waals surface area contributed by atoms with Crippen molar-refractivity contribution in [3.63, 3.8) is 0 Å². The molecule has 136 valence electrons. The van der Waals surface area contributed by atoms with E-state index in [0.717, 1.165) is 28.2 Å². The standard InChI is InChI=1S/C15H18O.C10H12/c1-6-9-12-10-15(16-14(12)8-3)13(7-2)11(4)5;1-10(7-8-10)9-5-3-2-4-6-9/h6-10H,3-4H2,1-2,5H3;2-6H,7-8H2,1H3/b9-6-,13-7+;. The first-order chi connectivity index (χ1) is 12.4. The van der Waals surface area contributed by atoms with Crippen molar-refractivity contribution in [1.29, 1.82) is 0 Å². The van der Waals surface area contributed by atoms with Crippen LogP contribution >= 0.6 is 0 Å². The highest BCUT2D eigenvalue weighted by Gasteiger charge is 2.38. The molecule has 1 aliphatic carbocycles. The number of hydrogen-bond acceptors (Lipinski definition) is 1. The van der Waals surface area contributed by atoms with Gasteiger partial charge in [-0.25, -0.2) is 0 Å². The van der Waals surface area contributed by atoms with Crippen molar-refractivity contribution in [1.82, 2.24) is 0 Å². The molecule has 0 saturated heterocycles. The maximum atomic E-state index is 5.73. The molecule has 0 N–H and O–H groups in total. The van der Waals surface area contributed by atoms with Gasteiger partial charge in [-0.05, 0) is 62.3 Å². The van der Waals surface area contributed by atoms with Crippen LogP contribution in [-0.2, 0) is 5.41 Å². The fourth-order valence-electron chi connectivity index (χ4n) is 2.94. The molecule has 0 amide bonds. The lowest BCUT2D eigenvalue weighted by molar-refractivity contribution is 0.543. The number of rotatable bonds is 5. The average molecular weight is 347 g/mol. The molecule has 0 spiro atoms. The predicted octanol–water partition coefficient (Wildman–Crippen LogP) is 7.67. The van der Waals surface area contributed by atoms with Crippen molar-refractivity contribution < 1.29 is 4.42 Å². The Morgan fingerprint density at radius 3 is 2.27 bits per heavy atom. The number of benzene rings is 1. The molecule has 0 bridgehead atoms. The summed E-state index contributed by atoms with van der Waals surface area (Å²) in [6, 6.07) is 12.8. The van der Waals surface area contributed by atoms with Gasteiger partial charge in [0.2, 0.25) is 0 Å². The summed E-state index contributed by atoms with van der Waals surface area (Å²) < 4.78 is 5.73. The zero-order chi connectivity index (χ0) is 19.2. The van der Waals surface area contributed by atoms with E-state index in [-0.39, 0.29) is 0 Å². The van der Waals surface area contributed by atoms with Crippen LogP contribution in [0.4, 0.5) is 0 Å². The van der Waals surface area contributed by atoms with Crippen LogP contribution in [0.25, 0.3) is 17.7 Å². The maximum absolute atomic E-state index is 5.73. The van der Waals surface area contributed by atoms with E-state index in [9.17, 15) is 0 Å². The molecule has 1 aliphatic rings. The van der Waals surface area contributed by atoms with E-state index in [2.05, 4.69) is 50.4 Å². The third-order valence-corrected chi connectivity index (χ3v) is 4.81. The molecule has 0 radical (unpaired) electrons. The van der Waals surface area contributed by atoms with Crippen molar-refractivity contribution in [3.8, 4) is 0 Å². The second-order valence-electron chi connectivity index (χ2n) is 7.04. The van der Waals surface area contributed by atoms with E-state index in [4.69, 9.17) is 4.42 Å². The van der Waals surface area contributed by atoms with E-state index < -0.39 is 0 Å². The second-order valence-corrected chi connectivity index (χ2v) is 7.04. The zero-order valence-electron chi connectivity index (χ0n) is 16.5. The van der Waals surface area contributed by atoms with Gasteiger partial charge in [0.1, 0.15) is 11.5 Å². The molecule has 1 aromatic heterocycles. The molecule has 3 rings (SSSR count). The van der Waals surface area contributed by atoms with Gasteiger partial charge in [-0.3, -0.25) is 0 Å². The van der Waals surface area contributed by atoms with Crippen LogP contribution in [-0.4, -0.2) is 0 Å². The first-order valence-electron chi connectivity index (χ1n) is 9.22. The van der Waals surface area contributed by atoms with Gasteiger partial charge in [-0.15, -0.1) is 0 Å². The molecule has 1 saturated carbocycles. The Hall–Kier alpha value is -2.54. The van der Waals surface area contributed by atoms with Crippen LogP contribution in [0.15, 0.2) is 71.7 Å². The summed E-state index contributed by atoms with van der Waals surface area (Å²) in [4.78, 5) is 0. The Bertz CT molecular complexity index is 811. The van der Waals surface area contributed by atoms with Crippen LogP contribution < -0.4 is 0 Å². The molecule has 1 aromatic carbocycles. The summed E-state index contributed by atoms with van der Waals surface area (Å²) in [5, 5.41) is 0. The summed E-state index contributed by atoms with van der Waals surface area (Å²) in [5.41, 5.74) is 5.14. The number of allylic oxidation sites excluding steroid dienone is 4. The SMILES string of the molecule is C=Cc1oc(/C(=C/C)C(=C)C)cc1/C=C\C.CC1(c2ccccc2)CC1. The topological polar surface area (TPSA) is 13.1 Å². The molecule has 1 nitrogen and oxygen atoms in total. The summed E-state index contributed by atoms with van der Waals surface area (Å²) in [6.07, 6.45) is 10.5. The third-order valence-electron chi connectivity index (χ3n) is 4.81. The molecule has 0 unspecified atom stereocenters. The number of hydrogen-bond donors (Lipinski definition) is 0. The van der Waals surface area contributed by atoms with Crippen LogP contribution in [0.1, 0.15) is 63.2 Å². The van der Waals surface area contributed by atoms with Gasteiger partial charge in [-0.2, -0.15) is 0 Å². The highest BCUT2D eigenvalue weighted by molar-refractivity contribution is 5.77. The summed E-state index contributed by atoms with van der Waals surface area (Å²) >= 11 is 0. The first kappa shape index (κ1) is 19.8. The highest BCUT2D eigenvalue weighted by atomic mass is 16.3. The van der Waals surface area contributed by atoms with Crippen molar-refractivity contribution in [2.75, 3.05) is 0 Å². The van der Waals surface area contributed by atoms with E-state index in [1.807, 2.05) is 45.1 Å². The van der Waals surface area contributed by atoms with E-state index >= 15 is 0 Å². The molecular weight excluding hydrogens is 316 g/mol. The largest absolute Gasteiger partial charge is 0.456 e. The Labute approximate surface area is 158 Å². The van der Waals surface area contributed by atoms with E-state index in [1.165, 1.54) is 18.4 Å². The van der Waals surface area contributed by atoms with Crippen LogP contribution in [0.5, 0.6) is 0 Å². The minimum atomic E-state index is 0.543. The Morgan fingerprint density at radius 1 is 1.15 bits per heavy atom. The van der Waals surface area contributed by atoms with Gasteiger partial charge in [-0.1, -0.05) is 68.6 Å². The van der Waals surface area contributed by atoms with Gasteiger partial charge in [0, 0.05) is 11.1 Å². The maximum Gasteiger partial charge on any atom is 0.135 e. The smallest absolute Gasteiger partial charge is 0.135 e. The van der Waals surface area contributed by atoms with E-state index in [1.54, 1.807) is 6.08 Å². The Morgan fingerprint density at radius 2 is 1.81 bits per heavy atom. The molecular formula is C25H30O. The summed E-state index contributed by atoms with van der Waals surface area (Å²) in [7, 11) is 0. The third kappa shape index (κ3) is 4.76. The Kier molecular flexibility index (Phi) is 6.63. The average Bonchev–Trinajstić information content (AvgIpc) is 3.27. The lowest BCUT2D eigenvalue weighted by atomic mass is 9.99. The van der Waals surface area contributed by atoms with Crippen LogP contribution in [0, 0.1) is 0 Å². The lowest BCUT2D eigenvalue weighted by Gasteiger charge is -2.06.